The SMILES string of the molecule is CC1(C)c2ccccc2-c2ccc(N(c3ccc(-c4cccc(-c5cccc6ccccc56)c4)cc3)c3ccc(-c4ccc5c(c4)oc4ccccc45)cc3)cc21. The average molecular weight is 730 g/mol. The molecule has 10 aromatic rings. The third-order valence-corrected chi connectivity index (χ3v) is 12.1. The summed E-state index contributed by atoms with van der Waals surface area (Å²) in [7, 11) is 0. The van der Waals surface area contributed by atoms with Crippen molar-refractivity contribution in [2.24, 2.45) is 0 Å². The Balaban J connectivity index is 0.985. The number of benzene rings is 9. The zero-order chi connectivity index (χ0) is 38.1. The van der Waals surface area contributed by atoms with Gasteiger partial charge < -0.3 is 9.32 Å². The molecule has 0 fully saturated rings. The molecule has 9 aromatic carbocycles. The Morgan fingerprint density at radius 2 is 0.912 bits per heavy atom. The molecule has 2 nitrogen and oxygen atoms in total. The number of hydrogen-bond donors (Lipinski definition) is 0. The molecular weight excluding hydrogens is 691 g/mol. The van der Waals surface area contributed by atoms with Crippen molar-refractivity contribution in [2.45, 2.75) is 19.3 Å². The summed E-state index contributed by atoms with van der Waals surface area (Å²) >= 11 is 0. The van der Waals surface area contributed by atoms with Gasteiger partial charge in [0.15, 0.2) is 0 Å². The maximum absolute atomic E-state index is 6.25. The number of nitrogens with zero attached hydrogens (tertiary/aromatic N) is 1. The summed E-state index contributed by atoms with van der Waals surface area (Å²) in [6.07, 6.45) is 0. The molecule has 1 aliphatic rings. The van der Waals surface area contributed by atoms with Crippen LogP contribution in [0.2, 0.25) is 0 Å². The molecule has 0 bridgehead atoms. The molecule has 11 rings (SSSR count). The van der Waals surface area contributed by atoms with Gasteiger partial charge in [-0.05, 0) is 127 Å². The summed E-state index contributed by atoms with van der Waals surface area (Å²) in [5.41, 5.74) is 17.6. The van der Waals surface area contributed by atoms with E-state index in [0.717, 1.165) is 50.1 Å². The highest BCUT2D eigenvalue weighted by Crippen LogP contribution is 2.51. The molecule has 0 spiro atoms. The fraction of sp³-hybridized carbons (Fsp3) is 0.0545. The number of furan rings is 1. The highest BCUT2D eigenvalue weighted by Gasteiger charge is 2.35. The van der Waals surface area contributed by atoms with E-state index in [9.17, 15) is 0 Å². The van der Waals surface area contributed by atoms with Crippen LogP contribution in [0.1, 0.15) is 25.0 Å². The molecule has 0 unspecified atom stereocenters. The summed E-state index contributed by atoms with van der Waals surface area (Å²) in [4.78, 5) is 2.39. The van der Waals surface area contributed by atoms with Crippen LogP contribution in [0.3, 0.4) is 0 Å². The Hall–Kier alpha value is -7.16. The molecule has 270 valence electrons. The van der Waals surface area contributed by atoms with Crippen LogP contribution in [0.5, 0.6) is 0 Å². The molecule has 1 aromatic heterocycles. The van der Waals surface area contributed by atoms with E-state index in [1.807, 2.05) is 12.1 Å². The van der Waals surface area contributed by atoms with Gasteiger partial charge in [-0.25, -0.2) is 0 Å². The lowest BCUT2D eigenvalue weighted by Crippen LogP contribution is -2.16. The minimum absolute atomic E-state index is 0.105. The summed E-state index contributed by atoms with van der Waals surface area (Å²) < 4.78 is 6.25. The van der Waals surface area contributed by atoms with Crippen molar-refractivity contribution in [2.75, 3.05) is 4.90 Å². The Kier molecular flexibility index (Phi) is 7.55. The Bertz CT molecular complexity index is 3140. The van der Waals surface area contributed by atoms with Gasteiger partial charge in [-0.3, -0.25) is 0 Å². The lowest BCUT2D eigenvalue weighted by molar-refractivity contribution is 0.660. The maximum Gasteiger partial charge on any atom is 0.136 e. The second-order valence-corrected chi connectivity index (χ2v) is 15.7. The van der Waals surface area contributed by atoms with E-state index in [2.05, 4.69) is 207 Å². The first-order valence-corrected chi connectivity index (χ1v) is 19.7. The third-order valence-electron chi connectivity index (χ3n) is 12.1. The second kappa shape index (κ2) is 13.0. The highest BCUT2D eigenvalue weighted by molar-refractivity contribution is 6.06. The first kappa shape index (κ1) is 33.2. The molecule has 2 heteroatoms. The van der Waals surface area contributed by atoms with E-state index in [1.165, 1.54) is 55.3 Å². The number of rotatable bonds is 6. The van der Waals surface area contributed by atoms with Crippen LogP contribution in [0.15, 0.2) is 205 Å². The number of anilines is 3. The Morgan fingerprint density at radius 3 is 1.72 bits per heavy atom. The quantitative estimate of drug-likeness (QED) is 0.169. The molecular formula is C55H39NO. The second-order valence-electron chi connectivity index (χ2n) is 15.7. The zero-order valence-corrected chi connectivity index (χ0v) is 31.9. The van der Waals surface area contributed by atoms with Gasteiger partial charge >= 0.3 is 0 Å². The fourth-order valence-electron chi connectivity index (χ4n) is 9.13. The Labute approximate surface area is 332 Å². The van der Waals surface area contributed by atoms with E-state index in [-0.39, 0.29) is 5.41 Å². The largest absolute Gasteiger partial charge is 0.456 e. The molecule has 57 heavy (non-hydrogen) atoms. The van der Waals surface area contributed by atoms with Gasteiger partial charge in [0.05, 0.1) is 0 Å². The van der Waals surface area contributed by atoms with E-state index < -0.39 is 0 Å². The van der Waals surface area contributed by atoms with Crippen LogP contribution in [0.4, 0.5) is 17.1 Å². The predicted octanol–water partition coefficient (Wildman–Crippen LogP) is 15.5. The van der Waals surface area contributed by atoms with Crippen LogP contribution in [0, 0.1) is 0 Å². The zero-order valence-electron chi connectivity index (χ0n) is 31.9. The smallest absolute Gasteiger partial charge is 0.136 e. The average Bonchev–Trinajstić information content (AvgIpc) is 3.75. The van der Waals surface area contributed by atoms with Crippen molar-refractivity contribution >= 4 is 49.8 Å². The van der Waals surface area contributed by atoms with Gasteiger partial charge in [-0.1, -0.05) is 153 Å². The number of hydrogen-bond acceptors (Lipinski definition) is 2. The maximum atomic E-state index is 6.25. The van der Waals surface area contributed by atoms with Crippen molar-refractivity contribution in [3.8, 4) is 44.5 Å². The van der Waals surface area contributed by atoms with Gasteiger partial charge in [0, 0.05) is 33.2 Å². The highest BCUT2D eigenvalue weighted by atomic mass is 16.3. The van der Waals surface area contributed by atoms with Gasteiger partial charge in [0.2, 0.25) is 0 Å². The van der Waals surface area contributed by atoms with Gasteiger partial charge in [-0.2, -0.15) is 0 Å². The topological polar surface area (TPSA) is 16.4 Å². The molecule has 0 saturated carbocycles. The lowest BCUT2D eigenvalue weighted by atomic mass is 9.82. The van der Waals surface area contributed by atoms with Crippen molar-refractivity contribution in [1.82, 2.24) is 0 Å². The normalized spacial score (nSPS) is 12.9. The van der Waals surface area contributed by atoms with E-state index in [0.29, 0.717) is 0 Å². The monoisotopic (exact) mass is 729 g/mol. The fourth-order valence-corrected chi connectivity index (χ4v) is 9.13. The third kappa shape index (κ3) is 5.48. The minimum atomic E-state index is -0.105. The summed E-state index contributed by atoms with van der Waals surface area (Å²) in [6, 6.07) is 72.7. The first-order valence-electron chi connectivity index (χ1n) is 19.7. The van der Waals surface area contributed by atoms with Gasteiger partial charge in [-0.15, -0.1) is 0 Å². The lowest BCUT2D eigenvalue weighted by Gasteiger charge is -2.28. The number of fused-ring (bicyclic) bond motifs is 7. The predicted molar refractivity (Wildman–Crippen MR) is 240 cm³/mol. The molecule has 0 saturated heterocycles. The van der Waals surface area contributed by atoms with Crippen molar-refractivity contribution < 1.29 is 4.42 Å². The molecule has 0 aliphatic heterocycles. The Morgan fingerprint density at radius 1 is 0.351 bits per heavy atom. The van der Waals surface area contributed by atoms with E-state index in [4.69, 9.17) is 4.42 Å². The van der Waals surface area contributed by atoms with Crippen molar-refractivity contribution in [3.05, 3.63) is 211 Å². The van der Waals surface area contributed by atoms with Gasteiger partial charge in [0.1, 0.15) is 11.2 Å². The summed E-state index contributed by atoms with van der Waals surface area (Å²) in [5.74, 6) is 0. The standard InChI is InChI=1S/C55H39NO/c1-55(2)51-19-7-5-16-47(51)48-32-30-44(35-52(48)55)56(43-28-23-37(24-29-43)40-25-31-50-49-17-6-8-20-53(49)57-54(50)34-40)42-26-21-36(22-27-42)39-13-9-14-41(33-39)46-18-10-12-38-11-3-4-15-45(38)46/h3-35H,1-2H3. The van der Waals surface area contributed by atoms with Crippen LogP contribution in [-0.2, 0) is 5.41 Å². The molecule has 0 radical (unpaired) electrons. The molecule has 0 N–H and O–H groups in total. The van der Waals surface area contributed by atoms with Crippen LogP contribution < -0.4 is 4.90 Å². The van der Waals surface area contributed by atoms with Crippen LogP contribution in [-0.4, -0.2) is 0 Å². The van der Waals surface area contributed by atoms with Gasteiger partial charge in [0.25, 0.3) is 0 Å². The van der Waals surface area contributed by atoms with E-state index in [1.54, 1.807) is 0 Å². The molecule has 0 atom stereocenters. The molecule has 1 heterocycles. The van der Waals surface area contributed by atoms with E-state index >= 15 is 0 Å². The van der Waals surface area contributed by atoms with Crippen molar-refractivity contribution in [3.63, 3.8) is 0 Å². The minimum Gasteiger partial charge on any atom is -0.456 e. The summed E-state index contributed by atoms with van der Waals surface area (Å²) in [6.45, 7) is 4.70. The first-order chi connectivity index (χ1) is 28.0. The van der Waals surface area contributed by atoms with Crippen molar-refractivity contribution in [1.29, 1.82) is 0 Å². The van der Waals surface area contributed by atoms with Crippen LogP contribution in [0.25, 0.3) is 77.2 Å². The number of para-hydroxylation sites is 1. The summed E-state index contributed by atoms with van der Waals surface area (Å²) in [5, 5.41) is 4.81. The molecule has 1 aliphatic carbocycles. The molecule has 0 amide bonds. The van der Waals surface area contributed by atoms with Crippen LogP contribution >= 0.6 is 0 Å².